The third-order valence-electron chi connectivity index (χ3n) is 2.77. The van der Waals surface area contributed by atoms with E-state index in [1.807, 2.05) is 18.2 Å². The number of carbonyl (C=O) groups excluding carboxylic acids is 1. The molecule has 0 atom stereocenters. The lowest BCUT2D eigenvalue weighted by molar-refractivity contribution is 0.103. The van der Waals surface area contributed by atoms with Crippen molar-refractivity contribution in [1.82, 2.24) is 4.98 Å². The molecule has 1 aromatic carbocycles. The van der Waals surface area contributed by atoms with E-state index in [2.05, 4.69) is 4.98 Å². The van der Waals surface area contributed by atoms with Crippen LogP contribution in [0.4, 0.5) is 5.82 Å². The predicted octanol–water partition coefficient (Wildman–Crippen LogP) is 2.64. The van der Waals surface area contributed by atoms with E-state index in [1.54, 1.807) is 18.2 Å². The summed E-state index contributed by atoms with van der Waals surface area (Å²) in [6.45, 7) is 0. The first-order valence-electron chi connectivity index (χ1n) is 5.48. The van der Waals surface area contributed by atoms with Crippen LogP contribution in [0.2, 0.25) is 0 Å². The van der Waals surface area contributed by atoms with Gasteiger partial charge in [-0.25, -0.2) is 4.98 Å². The summed E-state index contributed by atoms with van der Waals surface area (Å²) in [7, 11) is 0. The molecule has 0 bridgehead atoms. The summed E-state index contributed by atoms with van der Waals surface area (Å²) in [4.78, 5) is 16.5. The van der Waals surface area contributed by atoms with E-state index in [9.17, 15) is 4.79 Å². The van der Waals surface area contributed by atoms with E-state index in [1.165, 1.54) is 12.5 Å². The third-order valence-corrected chi connectivity index (χ3v) is 2.77. The minimum absolute atomic E-state index is 0.118. The molecule has 0 amide bonds. The summed E-state index contributed by atoms with van der Waals surface area (Å²) < 4.78 is 4.93. The third kappa shape index (κ3) is 1.64. The van der Waals surface area contributed by atoms with Crippen LogP contribution in [0.1, 0.15) is 15.9 Å². The van der Waals surface area contributed by atoms with Crippen LogP contribution in [0, 0.1) is 0 Å². The first-order valence-corrected chi connectivity index (χ1v) is 5.48. The lowest BCUT2D eigenvalue weighted by Gasteiger charge is -2.04. The van der Waals surface area contributed by atoms with Crippen LogP contribution in [0.3, 0.4) is 0 Å². The van der Waals surface area contributed by atoms with Crippen LogP contribution >= 0.6 is 0 Å². The number of rotatable bonds is 2. The van der Waals surface area contributed by atoms with Crippen molar-refractivity contribution in [2.24, 2.45) is 0 Å². The average molecular weight is 238 g/mol. The topological polar surface area (TPSA) is 69.1 Å². The zero-order chi connectivity index (χ0) is 12.5. The van der Waals surface area contributed by atoms with Crippen molar-refractivity contribution in [2.45, 2.75) is 0 Å². The largest absolute Gasteiger partial charge is 0.472 e. The maximum Gasteiger partial charge on any atom is 0.198 e. The zero-order valence-electron chi connectivity index (χ0n) is 9.46. The van der Waals surface area contributed by atoms with Crippen molar-refractivity contribution in [2.75, 3.05) is 5.73 Å². The van der Waals surface area contributed by atoms with E-state index in [-0.39, 0.29) is 5.78 Å². The van der Waals surface area contributed by atoms with Gasteiger partial charge in [-0.05, 0) is 24.3 Å². The number of fused-ring (bicyclic) bond motifs is 1. The standard InChI is InChI=1S/C14H10N2O2/c15-12-5-4-9-2-1-3-11(13(9)16-12)14(17)10-6-7-18-8-10/h1-8H,(H2,15,16). The first-order chi connectivity index (χ1) is 8.75. The number of para-hydroxylation sites is 1. The van der Waals surface area contributed by atoms with Gasteiger partial charge in [-0.2, -0.15) is 0 Å². The molecule has 0 saturated heterocycles. The van der Waals surface area contributed by atoms with Gasteiger partial charge in [0.2, 0.25) is 0 Å². The number of nitrogens with two attached hydrogens (primary N) is 1. The predicted molar refractivity (Wildman–Crippen MR) is 68.3 cm³/mol. The van der Waals surface area contributed by atoms with Gasteiger partial charge >= 0.3 is 0 Å². The Morgan fingerprint density at radius 2 is 2.06 bits per heavy atom. The molecule has 2 N–H and O–H groups in total. The smallest absolute Gasteiger partial charge is 0.198 e. The number of benzene rings is 1. The Balaban J connectivity index is 2.23. The van der Waals surface area contributed by atoms with Crippen molar-refractivity contribution in [3.8, 4) is 0 Å². The lowest BCUT2D eigenvalue weighted by Crippen LogP contribution is -2.02. The SMILES string of the molecule is Nc1ccc2cccc(C(=O)c3ccoc3)c2n1. The number of aromatic nitrogens is 1. The molecule has 0 spiro atoms. The Morgan fingerprint density at radius 3 is 2.83 bits per heavy atom. The van der Waals surface area contributed by atoms with Crippen LogP contribution in [-0.4, -0.2) is 10.8 Å². The van der Waals surface area contributed by atoms with E-state index < -0.39 is 0 Å². The Kier molecular flexibility index (Phi) is 2.34. The minimum Gasteiger partial charge on any atom is -0.472 e. The minimum atomic E-state index is -0.118. The molecule has 0 unspecified atom stereocenters. The lowest BCUT2D eigenvalue weighted by atomic mass is 10.0. The molecule has 3 aromatic rings. The van der Waals surface area contributed by atoms with E-state index >= 15 is 0 Å². The molecule has 0 radical (unpaired) electrons. The molecular formula is C14H10N2O2. The highest BCUT2D eigenvalue weighted by Gasteiger charge is 2.14. The maximum atomic E-state index is 12.3. The summed E-state index contributed by atoms with van der Waals surface area (Å²) in [6, 6.07) is 10.7. The molecule has 0 fully saturated rings. The quantitative estimate of drug-likeness (QED) is 0.697. The van der Waals surface area contributed by atoms with E-state index in [4.69, 9.17) is 10.2 Å². The van der Waals surface area contributed by atoms with Gasteiger partial charge in [0.05, 0.1) is 17.3 Å². The van der Waals surface area contributed by atoms with Crippen molar-refractivity contribution >= 4 is 22.5 Å². The number of nitrogen functional groups attached to an aromatic ring is 1. The highest BCUT2D eigenvalue weighted by atomic mass is 16.3. The molecule has 2 heterocycles. The number of pyridine rings is 1. The molecule has 0 saturated carbocycles. The second-order valence-corrected chi connectivity index (χ2v) is 3.95. The summed E-state index contributed by atoms with van der Waals surface area (Å²) >= 11 is 0. The van der Waals surface area contributed by atoms with Gasteiger partial charge in [-0.1, -0.05) is 12.1 Å². The average Bonchev–Trinajstić information content (AvgIpc) is 2.91. The molecule has 0 aliphatic rings. The molecule has 2 aromatic heterocycles. The van der Waals surface area contributed by atoms with Gasteiger partial charge in [-0.15, -0.1) is 0 Å². The molecular weight excluding hydrogens is 228 g/mol. The molecule has 3 rings (SSSR count). The fourth-order valence-corrected chi connectivity index (χ4v) is 1.89. The Morgan fingerprint density at radius 1 is 1.17 bits per heavy atom. The fraction of sp³-hybridized carbons (Fsp3) is 0. The highest BCUT2D eigenvalue weighted by Crippen LogP contribution is 2.21. The Labute approximate surface area is 103 Å². The number of anilines is 1. The van der Waals surface area contributed by atoms with Gasteiger partial charge in [0.1, 0.15) is 12.1 Å². The van der Waals surface area contributed by atoms with Gasteiger partial charge in [0, 0.05) is 10.9 Å². The second kappa shape index (κ2) is 4.00. The van der Waals surface area contributed by atoms with Crippen LogP contribution in [0.15, 0.2) is 53.3 Å². The first kappa shape index (κ1) is 10.5. The van der Waals surface area contributed by atoms with Crippen LogP contribution in [0.25, 0.3) is 10.9 Å². The van der Waals surface area contributed by atoms with E-state index in [0.29, 0.717) is 22.5 Å². The van der Waals surface area contributed by atoms with Crippen LogP contribution in [0.5, 0.6) is 0 Å². The summed E-state index contributed by atoms with van der Waals surface area (Å²) in [6.07, 6.45) is 2.90. The van der Waals surface area contributed by atoms with Crippen molar-refractivity contribution in [3.63, 3.8) is 0 Å². The summed E-state index contributed by atoms with van der Waals surface area (Å²) in [5.41, 5.74) is 7.32. The normalized spacial score (nSPS) is 10.7. The second-order valence-electron chi connectivity index (χ2n) is 3.95. The number of carbonyl (C=O) groups is 1. The maximum absolute atomic E-state index is 12.3. The highest BCUT2D eigenvalue weighted by molar-refractivity contribution is 6.15. The molecule has 4 heteroatoms. The Hall–Kier alpha value is -2.62. The zero-order valence-corrected chi connectivity index (χ0v) is 9.46. The number of hydrogen-bond acceptors (Lipinski definition) is 4. The van der Waals surface area contributed by atoms with Gasteiger partial charge in [0.15, 0.2) is 5.78 Å². The molecule has 18 heavy (non-hydrogen) atoms. The fourth-order valence-electron chi connectivity index (χ4n) is 1.89. The Bertz CT molecular complexity index is 718. The monoisotopic (exact) mass is 238 g/mol. The number of hydrogen-bond donors (Lipinski definition) is 1. The van der Waals surface area contributed by atoms with Crippen molar-refractivity contribution < 1.29 is 9.21 Å². The summed E-state index contributed by atoms with van der Waals surface area (Å²) in [5, 5.41) is 0.888. The molecule has 0 aliphatic heterocycles. The van der Waals surface area contributed by atoms with Gasteiger partial charge in [-0.3, -0.25) is 4.79 Å². The summed E-state index contributed by atoms with van der Waals surface area (Å²) in [5.74, 6) is 0.280. The van der Waals surface area contributed by atoms with Crippen molar-refractivity contribution in [3.05, 3.63) is 60.1 Å². The molecule has 88 valence electrons. The molecule has 4 nitrogen and oxygen atoms in total. The van der Waals surface area contributed by atoms with Crippen LogP contribution < -0.4 is 5.73 Å². The number of furan rings is 1. The van der Waals surface area contributed by atoms with Gasteiger partial charge in [0.25, 0.3) is 0 Å². The molecule has 0 aliphatic carbocycles. The van der Waals surface area contributed by atoms with E-state index in [0.717, 1.165) is 5.39 Å². The van der Waals surface area contributed by atoms with Crippen molar-refractivity contribution in [1.29, 1.82) is 0 Å². The number of nitrogens with zero attached hydrogens (tertiary/aromatic N) is 1. The number of ketones is 1. The van der Waals surface area contributed by atoms with Crippen LogP contribution in [-0.2, 0) is 0 Å². The van der Waals surface area contributed by atoms with Gasteiger partial charge < -0.3 is 10.2 Å².